The van der Waals surface area contributed by atoms with E-state index in [0.717, 1.165) is 45.1 Å². The van der Waals surface area contributed by atoms with Crippen LogP contribution in [0, 0.1) is 5.92 Å². The number of amides is 1. The highest BCUT2D eigenvalue weighted by Crippen LogP contribution is 2.16. The highest BCUT2D eigenvalue weighted by molar-refractivity contribution is 5.45. The third-order valence-electron chi connectivity index (χ3n) is 2.77. The number of nitrogens with one attached hydrogen (secondary N) is 1. The second kappa shape index (κ2) is 6.79. The lowest BCUT2D eigenvalue weighted by molar-refractivity contribution is -0.109. The summed E-state index contributed by atoms with van der Waals surface area (Å²) in [5, 5.41) is 2.69. The summed E-state index contributed by atoms with van der Waals surface area (Å²) < 4.78 is 5.14. The van der Waals surface area contributed by atoms with Gasteiger partial charge in [-0.25, -0.2) is 0 Å². The maximum atomic E-state index is 10.0. The summed E-state index contributed by atoms with van der Waals surface area (Å²) in [6.07, 6.45) is 3.20. The van der Waals surface area contributed by atoms with E-state index in [9.17, 15) is 4.79 Å². The molecule has 1 heterocycles. The van der Waals surface area contributed by atoms with Gasteiger partial charge in [0, 0.05) is 26.8 Å². The van der Waals surface area contributed by atoms with Crippen LogP contribution in [-0.4, -0.2) is 51.2 Å². The number of carbonyl (C=O) groups is 1. The Morgan fingerprint density at radius 3 is 2.79 bits per heavy atom. The predicted octanol–water partition coefficient (Wildman–Crippen LogP) is 0.0908. The molecule has 82 valence electrons. The summed E-state index contributed by atoms with van der Waals surface area (Å²) in [6, 6.07) is 0. The first-order chi connectivity index (χ1) is 6.86. The van der Waals surface area contributed by atoms with Crippen molar-refractivity contribution in [1.82, 2.24) is 10.2 Å². The lowest BCUT2D eigenvalue weighted by Crippen LogP contribution is -2.38. The number of carbonyl (C=O) groups excluding carboxylic acids is 1. The topological polar surface area (TPSA) is 41.6 Å². The zero-order chi connectivity index (χ0) is 10.2. The van der Waals surface area contributed by atoms with Crippen LogP contribution in [0.1, 0.15) is 12.8 Å². The van der Waals surface area contributed by atoms with E-state index >= 15 is 0 Å². The molecular formula is C10H20N2O2. The Morgan fingerprint density at radius 2 is 2.21 bits per heavy atom. The molecule has 4 nitrogen and oxygen atoms in total. The lowest BCUT2D eigenvalue weighted by atomic mass is 9.98. The molecule has 0 aromatic heterocycles. The van der Waals surface area contributed by atoms with E-state index < -0.39 is 0 Å². The van der Waals surface area contributed by atoms with Crippen molar-refractivity contribution < 1.29 is 9.53 Å². The van der Waals surface area contributed by atoms with E-state index in [0.29, 0.717) is 0 Å². The van der Waals surface area contributed by atoms with Crippen molar-refractivity contribution in [3.05, 3.63) is 0 Å². The van der Waals surface area contributed by atoms with Gasteiger partial charge >= 0.3 is 0 Å². The third-order valence-corrected chi connectivity index (χ3v) is 2.77. The van der Waals surface area contributed by atoms with Gasteiger partial charge in [-0.3, -0.25) is 4.79 Å². The highest BCUT2D eigenvalue weighted by Gasteiger charge is 2.18. The van der Waals surface area contributed by atoms with Crippen LogP contribution in [0.5, 0.6) is 0 Å². The van der Waals surface area contributed by atoms with Crippen molar-refractivity contribution in [3.63, 3.8) is 0 Å². The van der Waals surface area contributed by atoms with Gasteiger partial charge in [0.25, 0.3) is 0 Å². The summed E-state index contributed by atoms with van der Waals surface area (Å²) in [4.78, 5) is 12.4. The maximum absolute atomic E-state index is 10.0. The molecule has 0 radical (unpaired) electrons. The van der Waals surface area contributed by atoms with E-state index in [4.69, 9.17) is 4.74 Å². The van der Waals surface area contributed by atoms with Gasteiger partial charge in [-0.15, -0.1) is 0 Å². The highest BCUT2D eigenvalue weighted by atomic mass is 16.5. The standard InChI is InChI=1S/C10H20N2O2/c1-14-8-10-2-5-12(6-3-10)7-4-11-9-13/h9-10H,2-8H2,1H3,(H,11,13). The monoisotopic (exact) mass is 200 g/mol. The first-order valence-corrected chi connectivity index (χ1v) is 5.25. The molecule has 0 saturated carbocycles. The summed E-state index contributed by atoms with van der Waals surface area (Å²) >= 11 is 0. The fourth-order valence-corrected chi connectivity index (χ4v) is 1.89. The molecule has 1 aliphatic heterocycles. The SMILES string of the molecule is COCC1CCN(CCNC=O)CC1. The van der Waals surface area contributed by atoms with E-state index in [1.807, 2.05) is 0 Å². The molecule has 1 aliphatic rings. The van der Waals surface area contributed by atoms with Gasteiger partial charge in [-0.2, -0.15) is 0 Å². The Hall–Kier alpha value is -0.610. The first-order valence-electron chi connectivity index (χ1n) is 5.25. The van der Waals surface area contributed by atoms with Gasteiger partial charge in [0.05, 0.1) is 0 Å². The molecule has 0 spiro atoms. The second-order valence-corrected chi connectivity index (χ2v) is 3.81. The van der Waals surface area contributed by atoms with Gasteiger partial charge in [-0.1, -0.05) is 0 Å². The Bertz CT molecular complexity index is 156. The third kappa shape index (κ3) is 4.07. The van der Waals surface area contributed by atoms with Crippen LogP contribution in [0.4, 0.5) is 0 Å². The normalized spacial score (nSPS) is 19.5. The van der Waals surface area contributed by atoms with E-state index in [2.05, 4.69) is 10.2 Å². The van der Waals surface area contributed by atoms with Gasteiger partial charge in [0.15, 0.2) is 0 Å². The van der Waals surface area contributed by atoms with Crippen LogP contribution in [0.2, 0.25) is 0 Å². The molecule has 0 aromatic carbocycles. The summed E-state index contributed by atoms with van der Waals surface area (Å²) in [7, 11) is 1.76. The van der Waals surface area contributed by atoms with E-state index in [1.54, 1.807) is 7.11 Å². The van der Waals surface area contributed by atoms with Crippen LogP contribution in [0.25, 0.3) is 0 Å². The van der Waals surface area contributed by atoms with Crippen LogP contribution in [-0.2, 0) is 9.53 Å². The fourth-order valence-electron chi connectivity index (χ4n) is 1.89. The number of piperidine rings is 1. The smallest absolute Gasteiger partial charge is 0.207 e. The Kier molecular flexibility index (Phi) is 5.56. The lowest BCUT2D eigenvalue weighted by Gasteiger charge is -2.31. The average molecular weight is 200 g/mol. The van der Waals surface area contributed by atoms with Crippen molar-refractivity contribution >= 4 is 6.41 Å². The minimum atomic E-state index is 0.732. The Morgan fingerprint density at radius 1 is 1.50 bits per heavy atom. The number of methoxy groups -OCH3 is 1. The van der Waals surface area contributed by atoms with Crippen LogP contribution < -0.4 is 5.32 Å². The number of rotatable bonds is 6. The van der Waals surface area contributed by atoms with Crippen LogP contribution in [0.15, 0.2) is 0 Å². The summed E-state index contributed by atoms with van der Waals surface area (Å²) in [5.74, 6) is 0.732. The van der Waals surface area contributed by atoms with Gasteiger partial charge in [0.1, 0.15) is 0 Å². The minimum absolute atomic E-state index is 0.732. The minimum Gasteiger partial charge on any atom is -0.384 e. The predicted molar refractivity (Wildman–Crippen MR) is 55.1 cm³/mol. The van der Waals surface area contributed by atoms with Crippen molar-refractivity contribution in [2.75, 3.05) is 39.9 Å². The maximum Gasteiger partial charge on any atom is 0.207 e. The summed E-state index contributed by atoms with van der Waals surface area (Å²) in [5.41, 5.74) is 0. The number of nitrogens with zero attached hydrogens (tertiary/aromatic N) is 1. The number of hydrogen-bond acceptors (Lipinski definition) is 3. The zero-order valence-electron chi connectivity index (χ0n) is 8.87. The van der Waals surface area contributed by atoms with Gasteiger partial charge in [-0.05, 0) is 31.8 Å². The Balaban J connectivity index is 2.06. The Labute approximate surface area is 85.6 Å². The first kappa shape index (κ1) is 11.5. The van der Waals surface area contributed by atoms with Crippen LogP contribution >= 0.6 is 0 Å². The molecule has 0 unspecified atom stereocenters. The quantitative estimate of drug-likeness (QED) is 0.488. The molecule has 1 N–H and O–H groups in total. The molecule has 0 aromatic rings. The number of ether oxygens (including phenoxy) is 1. The van der Waals surface area contributed by atoms with Crippen molar-refractivity contribution in [2.24, 2.45) is 5.92 Å². The zero-order valence-corrected chi connectivity index (χ0v) is 8.87. The number of hydrogen-bond donors (Lipinski definition) is 1. The molecule has 1 amide bonds. The van der Waals surface area contributed by atoms with Crippen molar-refractivity contribution in [3.8, 4) is 0 Å². The largest absolute Gasteiger partial charge is 0.384 e. The van der Waals surface area contributed by atoms with E-state index in [1.165, 1.54) is 12.8 Å². The van der Waals surface area contributed by atoms with Crippen LogP contribution in [0.3, 0.4) is 0 Å². The average Bonchev–Trinajstić information content (AvgIpc) is 2.21. The molecule has 0 bridgehead atoms. The molecule has 0 atom stereocenters. The molecule has 0 aliphatic carbocycles. The van der Waals surface area contributed by atoms with Gasteiger partial charge < -0.3 is 15.0 Å². The fraction of sp³-hybridized carbons (Fsp3) is 0.900. The van der Waals surface area contributed by atoms with Crippen molar-refractivity contribution in [1.29, 1.82) is 0 Å². The van der Waals surface area contributed by atoms with Crippen molar-refractivity contribution in [2.45, 2.75) is 12.8 Å². The molecule has 4 heteroatoms. The van der Waals surface area contributed by atoms with Gasteiger partial charge in [0.2, 0.25) is 6.41 Å². The summed E-state index contributed by atoms with van der Waals surface area (Å²) in [6.45, 7) is 4.89. The van der Waals surface area contributed by atoms with E-state index in [-0.39, 0.29) is 0 Å². The second-order valence-electron chi connectivity index (χ2n) is 3.81. The molecular weight excluding hydrogens is 180 g/mol. The molecule has 1 fully saturated rings. The molecule has 14 heavy (non-hydrogen) atoms. The number of likely N-dealkylation sites (tertiary alicyclic amines) is 1. The molecule has 1 rings (SSSR count). The molecule has 1 saturated heterocycles.